The summed E-state index contributed by atoms with van der Waals surface area (Å²) in [5.41, 5.74) is 0.876. The third-order valence-electron chi connectivity index (χ3n) is 3.26. The number of nitrogens with zero attached hydrogens (tertiary/aromatic N) is 2. The molecule has 0 atom stereocenters. The average Bonchev–Trinajstić information content (AvgIpc) is 3.00. The van der Waals surface area contributed by atoms with Gasteiger partial charge in [0, 0.05) is 13.1 Å². The van der Waals surface area contributed by atoms with Gasteiger partial charge in [-0.3, -0.25) is 4.99 Å². The normalized spacial score (nSPS) is 18.4. The maximum atomic E-state index is 6.30. The number of para-hydroxylation sites is 1. The lowest BCUT2D eigenvalue weighted by atomic mass is 10.2. The predicted molar refractivity (Wildman–Crippen MR) is 76.8 cm³/mol. The largest absolute Gasteiger partial charge is 0.354 e. The highest BCUT2D eigenvalue weighted by Gasteiger charge is 2.29. The van der Waals surface area contributed by atoms with E-state index < -0.39 is 0 Å². The molecule has 3 rings (SSSR count). The first-order valence-electron chi connectivity index (χ1n) is 6.25. The van der Waals surface area contributed by atoms with Crippen LogP contribution >= 0.6 is 23.2 Å². The monoisotopic (exact) mass is 283 g/mol. The number of hydrogen-bond acceptors (Lipinski definition) is 3. The Hall–Kier alpha value is -0.930. The van der Waals surface area contributed by atoms with E-state index in [2.05, 4.69) is 15.2 Å². The molecule has 96 valence electrons. The zero-order valence-electron chi connectivity index (χ0n) is 10.00. The summed E-state index contributed by atoms with van der Waals surface area (Å²) in [4.78, 5) is 6.62. The van der Waals surface area contributed by atoms with E-state index in [0.29, 0.717) is 10.0 Å². The molecule has 0 unspecified atom stereocenters. The molecule has 1 aromatic carbocycles. The Morgan fingerprint density at radius 3 is 2.56 bits per heavy atom. The Morgan fingerprint density at radius 2 is 2.00 bits per heavy atom. The lowest BCUT2D eigenvalue weighted by Crippen LogP contribution is -2.40. The number of rotatable bonds is 3. The second kappa shape index (κ2) is 4.98. The molecule has 1 fully saturated rings. The molecule has 18 heavy (non-hydrogen) atoms. The standard InChI is InChI=1S/C13H15Cl2N3/c14-10-2-1-3-11(15)12(10)18(8-9-4-5-9)13-16-6-7-17-13/h1-3,9H,4-8H2,(H,16,17). The highest BCUT2D eigenvalue weighted by atomic mass is 35.5. The molecule has 5 heteroatoms. The van der Waals surface area contributed by atoms with Gasteiger partial charge < -0.3 is 10.2 Å². The average molecular weight is 284 g/mol. The molecular formula is C13H15Cl2N3. The third-order valence-corrected chi connectivity index (χ3v) is 3.87. The lowest BCUT2D eigenvalue weighted by molar-refractivity contribution is 0.814. The summed E-state index contributed by atoms with van der Waals surface area (Å²) in [6.45, 7) is 2.65. The first kappa shape index (κ1) is 12.1. The van der Waals surface area contributed by atoms with Crippen LogP contribution in [0.1, 0.15) is 12.8 Å². The Labute approximate surface area is 117 Å². The van der Waals surface area contributed by atoms with Crippen LogP contribution in [-0.4, -0.2) is 25.6 Å². The number of guanidine groups is 1. The maximum absolute atomic E-state index is 6.30. The van der Waals surface area contributed by atoms with Crippen molar-refractivity contribution in [3.8, 4) is 0 Å². The van der Waals surface area contributed by atoms with E-state index in [9.17, 15) is 0 Å². The minimum Gasteiger partial charge on any atom is -0.354 e. The molecule has 1 heterocycles. The smallest absolute Gasteiger partial charge is 0.198 e. The van der Waals surface area contributed by atoms with E-state index in [1.807, 2.05) is 18.2 Å². The molecule has 0 amide bonds. The van der Waals surface area contributed by atoms with Crippen LogP contribution < -0.4 is 10.2 Å². The van der Waals surface area contributed by atoms with E-state index in [1.165, 1.54) is 12.8 Å². The van der Waals surface area contributed by atoms with Gasteiger partial charge in [0.2, 0.25) is 0 Å². The van der Waals surface area contributed by atoms with Crippen LogP contribution in [0.2, 0.25) is 10.0 Å². The molecule has 0 bridgehead atoms. The highest BCUT2D eigenvalue weighted by molar-refractivity contribution is 6.40. The summed E-state index contributed by atoms with van der Waals surface area (Å²) in [6, 6.07) is 5.61. The van der Waals surface area contributed by atoms with Gasteiger partial charge in [0.15, 0.2) is 5.96 Å². The maximum Gasteiger partial charge on any atom is 0.198 e. The minimum absolute atomic E-state index is 0.680. The van der Waals surface area contributed by atoms with Crippen molar-refractivity contribution in [3.63, 3.8) is 0 Å². The fourth-order valence-electron chi connectivity index (χ4n) is 2.16. The molecule has 1 aliphatic carbocycles. The molecule has 0 radical (unpaired) electrons. The highest BCUT2D eigenvalue weighted by Crippen LogP contribution is 2.37. The number of benzene rings is 1. The quantitative estimate of drug-likeness (QED) is 0.923. The number of halogens is 2. The predicted octanol–water partition coefficient (Wildman–Crippen LogP) is 3.17. The molecule has 0 saturated heterocycles. The van der Waals surface area contributed by atoms with Gasteiger partial charge in [-0.2, -0.15) is 0 Å². The summed E-state index contributed by atoms with van der Waals surface area (Å²) in [6.07, 6.45) is 2.57. The van der Waals surface area contributed by atoms with Crippen LogP contribution in [-0.2, 0) is 0 Å². The van der Waals surface area contributed by atoms with Gasteiger partial charge in [0.1, 0.15) is 0 Å². The number of aliphatic imine (C=N–C) groups is 1. The van der Waals surface area contributed by atoms with Crippen molar-refractivity contribution in [2.24, 2.45) is 10.9 Å². The van der Waals surface area contributed by atoms with Crippen LogP contribution in [0.4, 0.5) is 5.69 Å². The van der Waals surface area contributed by atoms with Crippen molar-refractivity contribution < 1.29 is 0 Å². The van der Waals surface area contributed by atoms with Crippen LogP contribution in [0, 0.1) is 5.92 Å². The van der Waals surface area contributed by atoms with E-state index in [-0.39, 0.29) is 0 Å². The van der Waals surface area contributed by atoms with Gasteiger partial charge in [0.25, 0.3) is 0 Å². The Kier molecular flexibility index (Phi) is 3.35. The summed E-state index contributed by atoms with van der Waals surface area (Å²) < 4.78 is 0. The van der Waals surface area contributed by atoms with Crippen LogP contribution in [0.3, 0.4) is 0 Å². The molecule has 0 spiro atoms. The molecule has 1 aliphatic heterocycles. The Bertz CT molecular complexity index is 463. The van der Waals surface area contributed by atoms with Gasteiger partial charge >= 0.3 is 0 Å². The second-order valence-electron chi connectivity index (χ2n) is 4.76. The van der Waals surface area contributed by atoms with E-state index >= 15 is 0 Å². The molecule has 1 saturated carbocycles. The zero-order valence-corrected chi connectivity index (χ0v) is 11.5. The van der Waals surface area contributed by atoms with Gasteiger partial charge in [-0.25, -0.2) is 0 Å². The van der Waals surface area contributed by atoms with Crippen molar-refractivity contribution >= 4 is 34.8 Å². The van der Waals surface area contributed by atoms with Crippen molar-refractivity contribution in [1.82, 2.24) is 5.32 Å². The first-order chi connectivity index (χ1) is 8.75. The molecular weight excluding hydrogens is 269 g/mol. The molecule has 1 aromatic rings. The van der Waals surface area contributed by atoms with Gasteiger partial charge in [0.05, 0.1) is 22.3 Å². The van der Waals surface area contributed by atoms with Crippen molar-refractivity contribution in [2.75, 3.05) is 24.5 Å². The number of hydrogen-bond donors (Lipinski definition) is 1. The topological polar surface area (TPSA) is 27.6 Å². The van der Waals surface area contributed by atoms with Crippen LogP contribution in [0.5, 0.6) is 0 Å². The summed E-state index contributed by atoms with van der Waals surface area (Å²) in [5, 5.41) is 4.66. The summed E-state index contributed by atoms with van der Waals surface area (Å²) in [5.74, 6) is 1.64. The third kappa shape index (κ3) is 2.43. The summed E-state index contributed by atoms with van der Waals surface area (Å²) >= 11 is 12.6. The van der Waals surface area contributed by atoms with Gasteiger partial charge in [-0.1, -0.05) is 29.3 Å². The lowest BCUT2D eigenvalue weighted by Gasteiger charge is -2.26. The van der Waals surface area contributed by atoms with E-state index in [0.717, 1.165) is 37.2 Å². The number of anilines is 1. The van der Waals surface area contributed by atoms with Crippen molar-refractivity contribution in [1.29, 1.82) is 0 Å². The van der Waals surface area contributed by atoms with Crippen molar-refractivity contribution in [3.05, 3.63) is 28.2 Å². The van der Waals surface area contributed by atoms with Gasteiger partial charge in [-0.15, -0.1) is 0 Å². The van der Waals surface area contributed by atoms with Gasteiger partial charge in [-0.05, 0) is 30.9 Å². The Balaban J connectivity index is 1.96. The first-order valence-corrected chi connectivity index (χ1v) is 7.01. The van der Waals surface area contributed by atoms with Crippen LogP contribution in [0.15, 0.2) is 23.2 Å². The fraction of sp³-hybridized carbons (Fsp3) is 0.462. The molecule has 3 nitrogen and oxygen atoms in total. The van der Waals surface area contributed by atoms with Crippen LogP contribution in [0.25, 0.3) is 0 Å². The molecule has 2 aliphatic rings. The fourth-order valence-corrected chi connectivity index (χ4v) is 2.76. The minimum atomic E-state index is 0.680. The molecule has 0 aromatic heterocycles. The summed E-state index contributed by atoms with van der Waals surface area (Å²) in [7, 11) is 0. The Morgan fingerprint density at radius 1 is 1.28 bits per heavy atom. The SMILES string of the molecule is Clc1cccc(Cl)c1N(CC1CC1)C1=NCCN1. The molecule has 1 N–H and O–H groups in total. The zero-order chi connectivity index (χ0) is 12.5. The van der Waals surface area contributed by atoms with E-state index in [1.54, 1.807) is 0 Å². The second-order valence-corrected chi connectivity index (χ2v) is 5.57. The number of nitrogens with one attached hydrogen (secondary N) is 1. The van der Waals surface area contributed by atoms with Crippen molar-refractivity contribution in [2.45, 2.75) is 12.8 Å². The van der Waals surface area contributed by atoms with E-state index in [4.69, 9.17) is 23.2 Å².